The number of primary amides is 1. The molecule has 3 amide bonds. The molecule has 0 spiro atoms. The maximum Gasteiger partial charge on any atom is 0.319 e. The lowest BCUT2D eigenvalue weighted by Crippen LogP contribution is -2.34. The van der Waals surface area contributed by atoms with Crippen molar-refractivity contribution in [2.24, 2.45) is 12.8 Å². The third kappa shape index (κ3) is 1.82. The zero-order valence-corrected chi connectivity index (χ0v) is 6.44. The number of carbonyl (C=O) groups excluding carboxylic acids is 2. The van der Waals surface area contributed by atoms with Crippen molar-refractivity contribution in [2.45, 2.75) is 0 Å². The number of hydrogen-bond acceptors (Lipinski definition) is 3. The minimum absolute atomic E-state index is 0.302. The van der Waals surface area contributed by atoms with Crippen LogP contribution in [0.25, 0.3) is 0 Å². The Morgan fingerprint density at radius 1 is 1.67 bits per heavy atom. The molecule has 0 bridgehead atoms. The molecule has 0 aliphatic heterocycles. The lowest BCUT2D eigenvalue weighted by molar-refractivity contribution is 0.0966. The van der Waals surface area contributed by atoms with Gasteiger partial charge in [-0.25, -0.2) is 4.79 Å². The summed E-state index contributed by atoms with van der Waals surface area (Å²) in [5.74, 6) is -0.546. The topological polar surface area (TPSA) is 90.0 Å². The van der Waals surface area contributed by atoms with Crippen LogP contribution < -0.4 is 11.1 Å². The van der Waals surface area contributed by atoms with Crippen molar-refractivity contribution in [2.75, 3.05) is 0 Å². The standard InChI is InChI=1S/C6H8N4O2/c1-10-3-4(2-8-10)5(11)9-6(7)12/h2-3H,1H3,(H3,7,9,11,12). The highest BCUT2D eigenvalue weighted by Crippen LogP contribution is 1.94. The van der Waals surface area contributed by atoms with Crippen LogP contribution in [0.15, 0.2) is 12.4 Å². The molecule has 6 nitrogen and oxygen atoms in total. The van der Waals surface area contributed by atoms with E-state index in [9.17, 15) is 9.59 Å². The van der Waals surface area contributed by atoms with Crippen molar-refractivity contribution in [3.63, 3.8) is 0 Å². The van der Waals surface area contributed by atoms with Crippen molar-refractivity contribution < 1.29 is 9.59 Å². The van der Waals surface area contributed by atoms with E-state index in [0.717, 1.165) is 0 Å². The summed E-state index contributed by atoms with van der Waals surface area (Å²) in [5.41, 5.74) is 5.04. The second kappa shape index (κ2) is 3.04. The second-order valence-corrected chi connectivity index (χ2v) is 2.22. The average Bonchev–Trinajstić information content (AvgIpc) is 2.34. The molecule has 1 aromatic heterocycles. The molecule has 64 valence electrons. The fraction of sp³-hybridized carbons (Fsp3) is 0.167. The SMILES string of the molecule is Cn1cc(C(=O)NC(N)=O)cn1. The van der Waals surface area contributed by atoms with Gasteiger partial charge in [-0.15, -0.1) is 0 Å². The monoisotopic (exact) mass is 168 g/mol. The van der Waals surface area contributed by atoms with Gasteiger partial charge in [-0.3, -0.25) is 14.8 Å². The van der Waals surface area contributed by atoms with Gasteiger partial charge in [0, 0.05) is 13.2 Å². The van der Waals surface area contributed by atoms with Gasteiger partial charge >= 0.3 is 6.03 Å². The van der Waals surface area contributed by atoms with E-state index in [1.165, 1.54) is 17.1 Å². The van der Waals surface area contributed by atoms with E-state index in [2.05, 4.69) is 5.10 Å². The molecule has 0 radical (unpaired) electrons. The maximum absolute atomic E-state index is 11.0. The molecule has 0 atom stereocenters. The highest BCUT2D eigenvalue weighted by atomic mass is 16.2. The van der Waals surface area contributed by atoms with Crippen LogP contribution in [0.4, 0.5) is 4.79 Å². The Kier molecular flexibility index (Phi) is 2.09. The van der Waals surface area contributed by atoms with Gasteiger partial charge in [0.15, 0.2) is 0 Å². The number of carbonyl (C=O) groups is 2. The van der Waals surface area contributed by atoms with Gasteiger partial charge in [0.05, 0.1) is 11.8 Å². The molecular formula is C6H8N4O2. The van der Waals surface area contributed by atoms with E-state index in [0.29, 0.717) is 5.56 Å². The summed E-state index contributed by atoms with van der Waals surface area (Å²) in [6.07, 6.45) is 2.83. The lowest BCUT2D eigenvalue weighted by Gasteiger charge is -1.94. The zero-order valence-electron chi connectivity index (χ0n) is 6.44. The molecule has 6 heteroatoms. The number of nitrogens with two attached hydrogens (primary N) is 1. The first-order chi connectivity index (χ1) is 5.59. The first-order valence-electron chi connectivity index (χ1n) is 3.19. The third-order valence-electron chi connectivity index (χ3n) is 1.20. The molecule has 0 saturated heterocycles. The molecule has 0 fully saturated rings. The summed E-state index contributed by atoms with van der Waals surface area (Å²) in [6, 6.07) is -0.871. The number of hydrogen-bond donors (Lipinski definition) is 2. The first-order valence-corrected chi connectivity index (χ1v) is 3.19. The predicted molar refractivity (Wildman–Crippen MR) is 40.3 cm³/mol. The first kappa shape index (κ1) is 8.25. The summed E-state index contributed by atoms with van der Waals surface area (Å²) in [4.78, 5) is 21.3. The van der Waals surface area contributed by atoms with E-state index >= 15 is 0 Å². The quantitative estimate of drug-likeness (QED) is 0.576. The van der Waals surface area contributed by atoms with Crippen LogP contribution in [0.1, 0.15) is 10.4 Å². The van der Waals surface area contributed by atoms with Crippen molar-refractivity contribution in [1.29, 1.82) is 0 Å². The fourth-order valence-corrected chi connectivity index (χ4v) is 0.723. The minimum Gasteiger partial charge on any atom is -0.351 e. The van der Waals surface area contributed by atoms with Gasteiger partial charge in [0.1, 0.15) is 0 Å². The van der Waals surface area contributed by atoms with Gasteiger partial charge in [-0.05, 0) is 0 Å². The largest absolute Gasteiger partial charge is 0.351 e. The Morgan fingerprint density at radius 3 is 2.75 bits per heavy atom. The van der Waals surface area contributed by atoms with Crippen molar-refractivity contribution in [1.82, 2.24) is 15.1 Å². The van der Waals surface area contributed by atoms with Crippen LogP contribution in [-0.2, 0) is 7.05 Å². The smallest absolute Gasteiger partial charge is 0.319 e. The summed E-state index contributed by atoms with van der Waals surface area (Å²) in [7, 11) is 1.67. The summed E-state index contributed by atoms with van der Waals surface area (Å²) in [5, 5.41) is 5.67. The Morgan fingerprint density at radius 2 is 2.33 bits per heavy atom. The normalized spacial score (nSPS) is 9.42. The third-order valence-corrected chi connectivity index (χ3v) is 1.20. The number of amides is 3. The molecule has 3 N–H and O–H groups in total. The van der Waals surface area contributed by atoms with Crippen LogP contribution in [0.3, 0.4) is 0 Å². The summed E-state index contributed by atoms with van der Waals surface area (Å²) >= 11 is 0. The van der Waals surface area contributed by atoms with Gasteiger partial charge in [-0.2, -0.15) is 5.10 Å². The molecule has 0 aliphatic rings. The molecule has 0 saturated carbocycles. The van der Waals surface area contributed by atoms with Crippen LogP contribution in [0, 0.1) is 0 Å². The zero-order chi connectivity index (χ0) is 9.14. The van der Waals surface area contributed by atoms with Crippen LogP contribution >= 0.6 is 0 Å². The summed E-state index contributed by atoms with van der Waals surface area (Å²) < 4.78 is 1.45. The predicted octanol–water partition coefficient (Wildman–Crippen LogP) is -0.771. The van der Waals surface area contributed by atoms with E-state index in [-0.39, 0.29) is 0 Å². The molecule has 0 aliphatic carbocycles. The number of rotatable bonds is 1. The number of urea groups is 1. The number of imide groups is 1. The Bertz CT molecular complexity index is 317. The van der Waals surface area contributed by atoms with E-state index in [4.69, 9.17) is 5.73 Å². The highest BCUT2D eigenvalue weighted by Gasteiger charge is 2.08. The molecule has 0 unspecified atom stereocenters. The fourth-order valence-electron chi connectivity index (χ4n) is 0.723. The number of aryl methyl sites for hydroxylation is 1. The van der Waals surface area contributed by atoms with E-state index in [1.807, 2.05) is 5.32 Å². The van der Waals surface area contributed by atoms with Crippen LogP contribution in [-0.4, -0.2) is 21.7 Å². The molecular weight excluding hydrogens is 160 g/mol. The molecule has 12 heavy (non-hydrogen) atoms. The Labute approximate surface area is 68.3 Å². The van der Waals surface area contributed by atoms with Crippen molar-refractivity contribution >= 4 is 11.9 Å². The van der Waals surface area contributed by atoms with Crippen LogP contribution in [0.5, 0.6) is 0 Å². The summed E-state index contributed by atoms with van der Waals surface area (Å²) in [6.45, 7) is 0. The molecule has 1 rings (SSSR count). The molecule has 1 heterocycles. The lowest BCUT2D eigenvalue weighted by atomic mass is 10.3. The van der Waals surface area contributed by atoms with E-state index in [1.54, 1.807) is 7.05 Å². The van der Waals surface area contributed by atoms with E-state index < -0.39 is 11.9 Å². The number of nitrogens with one attached hydrogen (secondary N) is 1. The number of aromatic nitrogens is 2. The Hall–Kier alpha value is -1.85. The highest BCUT2D eigenvalue weighted by molar-refractivity contribution is 6.03. The maximum atomic E-state index is 11.0. The second-order valence-electron chi connectivity index (χ2n) is 2.22. The minimum atomic E-state index is -0.871. The van der Waals surface area contributed by atoms with Crippen molar-refractivity contribution in [3.05, 3.63) is 18.0 Å². The van der Waals surface area contributed by atoms with Gasteiger partial charge in [0.25, 0.3) is 5.91 Å². The van der Waals surface area contributed by atoms with Gasteiger partial charge in [-0.1, -0.05) is 0 Å². The Balaban J connectivity index is 2.72. The average molecular weight is 168 g/mol. The van der Waals surface area contributed by atoms with Gasteiger partial charge in [0.2, 0.25) is 0 Å². The molecule has 0 aromatic carbocycles. The van der Waals surface area contributed by atoms with Crippen molar-refractivity contribution in [3.8, 4) is 0 Å². The van der Waals surface area contributed by atoms with Crippen LogP contribution in [0.2, 0.25) is 0 Å². The molecule has 1 aromatic rings. The van der Waals surface area contributed by atoms with Gasteiger partial charge < -0.3 is 5.73 Å². The number of nitrogens with zero attached hydrogens (tertiary/aromatic N) is 2.